The summed E-state index contributed by atoms with van der Waals surface area (Å²) in [5.41, 5.74) is 8.20. The van der Waals surface area contributed by atoms with E-state index in [0.29, 0.717) is 0 Å². The summed E-state index contributed by atoms with van der Waals surface area (Å²) in [7, 11) is 0. The maximum Gasteiger partial charge on any atom is 0.241 e. The van der Waals surface area contributed by atoms with E-state index in [2.05, 4.69) is 4.98 Å². The van der Waals surface area contributed by atoms with E-state index < -0.39 is 5.91 Å². The van der Waals surface area contributed by atoms with Crippen LogP contribution >= 0.6 is 0 Å². The zero-order chi connectivity index (χ0) is 10.8. The summed E-state index contributed by atoms with van der Waals surface area (Å²) in [6.45, 7) is 2.04. The molecular formula is C12H12N2O. The van der Waals surface area contributed by atoms with Gasteiger partial charge in [-0.05, 0) is 24.6 Å². The Balaban J connectivity index is 2.48. The molecule has 2 aromatic rings. The first-order chi connectivity index (χ1) is 7.16. The number of para-hydroxylation sites is 1. The van der Waals surface area contributed by atoms with Gasteiger partial charge in [-0.3, -0.25) is 4.79 Å². The van der Waals surface area contributed by atoms with Crippen LogP contribution in [0, 0.1) is 6.92 Å². The molecule has 0 bridgehead atoms. The highest BCUT2D eigenvalue weighted by Crippen LogP contribution is 2.19. The van der Waals surface area contributed by atoms with Crippen LogP contribution in [0.3, 0.4) is 0 Å². The van der Waals surface area contributed by atoms with E-state index in [1.54, 1.807) is 6.08 Å². The van der Waals surface area contributed by atoms with Crippen LogP contribution in [-0.4, -0.2) is 10.9 Å². The van der Waals surface area contributed by atoms with Crippen molar-refractivity contribution >= 4 is 22.9 Å². The summed E-state index contributed by atoms with van der Waals surface area (Å²) >= 11 is 0. The molecule has 0 fully saturated rings. The highest BCUT2D eigenvalue weighted by Gasteiger charge is 2.00. The molecular weight excluding hydrogens is 188 g/mol. The normalized spacial score (nSPS) is 11.3. The van der Waals surface area contributed by atoms with Gasteiger partial charge in [0.1, 0.15) is 0 Å². The number of aromatic amines is 1. The number of carbonyl (C=O) groups is 1. The molecule has 1 aromatic heterocycles. The number of fused-ring (bicyclic) bond motifs is 1. The number of aryl methyl sites for hydroxylation is 1. The van der Waals surface area contributed by atoms with E-state index in [-0.39, 0.29) is 0 Å². The van der Waals surface area contributed by atoms with E-state index in [1.807, 2.05) is 31.2 Å². The number of hydrogen-bond acceptors (Lipinski definition) is 1. The molecule has 3 heteroatoms. The minimum absolute atomic E-state index is 0.439. The lowest BCUT2D eigenvalue weighted by atomic mass is 10.2. The number of carbonyl (C=O) groups excluding carboxylic acids is 1. The topological polar surface area (TPSA) is 58.9 Å². The number of H-pyrrole nitrogens is 1. The lowest BCUT2D eigenvalue weighted by Crippen LogP contribution is -2.05. The molecule has 3 nitrogen and oxygen atoms in total. The number of primary amides is 1. The Morgan fingerprint density at radius 2 is 2.27 bits per heavy atom. The Labute approximate surface area is 87.6 Å². The average Bonchev–Trinajstić information content (AvgIpc) is 2.59. The molecule has 0 radical (unpaired) electrons. The first-order valence-electron chi connectivity index (χ1n) is 4.72. The number of nitrogens with two attached hydrogens (primary N) is 1. The largest absolute Gasteiger partial charge is 0.366 e. The monoisotopic (exact) mass is 200 g/mol. The van der Waals surface area contributed by atoms with E-state index in [0.717, 1.165) is 16.6 Å². The van der Waals surface area contributed by atoms with Crippen molar-refractivity contribution in [2.45, 2.75) is 6.92 Å². The SMILES string of the molecule is Cc1cccc2cc(/C=C\C(N)=O)[nH]c12. The third-order valence-corrected chi connectivity index (χ3v) is 2.31. The van der Waals surface area contributed by atoms with Crippen molar-refractivity contribution in [3.63, 3.8) is 0 Å². The number of benzene rings is 1. The van der Waals surface area contributed by atoms with E-state index in [9.17, 15) is 4.79 Å². The molecule has 0 spiro atoms. The predicted molar refractivity (Wildman–Crippen MR) is 61.3 cm³/mol. The summed E-state index contributed by atoms with van der Waals surface area (Å²) in [4.78, 5) is 13.8. The minimum atomic E-state index is -0.439. The molecule has 3 N–H and O–H groups in total. The molecule has 1 heterocycles. The maximum atomic E-state index is 10.6. The Hall–Kier alpha value is -2.03. The van der Waals surface area contributed by atoms with Crippen LogP contribution in [0.2, 0.25) is 0 Å². The Morgan fingerprint density at radius 1 is 1.47 bits per heavy atom. The van der Waals surface area contributed by atoms with Gasteiger partial charge in [0.15, 0.2) is 0 Å². The minimum Gasteiger partial charge on any atom is -0.366 e. The van der Waals surface area contributed by atoms with Gasteiger partial charge in [0, 0.05) is 22.7 Å². The van der Waals surface area contributed by atoms with Crippen LogP contribution < -0.4 is 5.73 Å². The zero-order valence-corrected chi connectivity index (χ0v) is 8.45. The molecule has 0 aliphatic carbocycles. The van der Waals surface area contributed by atoms with Crippen molar-refractivity contribution < 1.29 is 4.79 Å². The fraction of sp³-hybridized carbons (Fsp3) is 0.0833. The van der Waals surface area contributed by atoms with Crippen LogP contribution in [-0.2, 0) is 4.79 Å². The van der Waals surface area contributed by atoms with Crippen molar-refractivity contribution in [2.24, 2.45) is 5.73 Å². The average molecular weight is 200 g/mol. The lowest BCUT2D eigenvalue weighted by Gasteiger charge is -1.92. The molecule has 2 rings (SSSR count). The van der Waals surface area contributed by atoms with Gasteiger partial charge in [-0.15, -0.1) is 0 Å². The Kier molecular flexibility index (Phi) is 2.29. The number of aromatic nitrogens is 1. The van der Waals surface area contributed by atoms with Crippen molar-refractivity contribution in [1.29, 1.82) is 0 Å². The zero-order valence-electron chi connectivity index (χ0n) is 8.45. The molecule has 0 aliphatic rings. The van der Waals surface area contributed by atoms with E-state index in [1.165, 1.54) is 11.6 Å². The third-order valence-electron chi connectivity index (χ3n) is 2.31. The Morgan fingerprint density at radius 3 is 2.93 bits per heavy atom. The maximum absolute atomic E-state index is 10.6. The van der Waals surface area contributed by atoms with Gasteiger partial charge in [0.05, 0.1) is 0 Å². The number of hydrogen-bond donors (Lipinski definition) is 2. The Bertz CT molecular complexity index is 538. The van der Waals surface area contributed by atoms with Gasteiger partial charge < -0.3 is 10.7 Å². The number of amides is 1. The van der Waals surface area contributed by atoms with Gasteiger partial charge in [-0.25, -0.2) is 0 Å². The molecule has 1 aromatic carbocycles. The standard InChI is InChI=1S/C12H12N2O/c1-8-3-2-4-9-7-10(14-12(8)9)5-6-11(13)15/h2-7,14H,1H3,(H2,13,15)/b6-5-. The second-order valence-electron chi connectivity index (χ2n) is 3.50. The highest BCUT2D eigenvalue weighted by atomic mass is 16.1. The second kappa shape index (κ2) is 3.61. The summed E-state index contributed by atoms with van der Waals surface area (Å²) in [6, 6.07) is 8.07. The van der Waals surface area contributed by atoms with Crippen molar-refractivity contribution in [3.8, 4) is 0 Å². The van der Waals surface area contributed by atoms with Crippen LogP contribution in [0.25, 0.3) is 17.0 Å². The fourth-order valence-corrected chi connectivity index (χ4v) is 1.59. The van der Waals surface area contributed by atoms with E-state index >= 15 is 0 Å². The van der Waals surface area contributed by atoms with Gasteiger partial charge in [-0.2, -0.15) is 0 Å². The van der Waals surface area contributed by atoms with Crippen LogP contribution in [0.1, 0.15) is 11.3 Å². The lowest BCUT2D eigenvalue weighted by molar-refractivity contribution is -0.113. The predicted octanol–water partition coefficient (Wildman–Crippen LogP) is 1.97. The van der Waals surface area contributed by atoms with Crippen molar-refractivity contribution in [3.05, 3.63) is 41.6 Å². The van der Waals surface area contributed by atoms with Gasteiger partial charge in [-0.1, -0.05) is 18.2 Å². The van der Waals surface area contributed by atoms with E-state index in [4.69, 9.17) is 5.73 Å². The number of nitrogens with one attached hydrogen (secondary N) is 1. The molecule has 0 saturated heterocycles. The molecule has 1 amide bonds. The molecule has 0 unspecified atom stereocenters. The number of rotatable bonds is 2. The quantitative estimate of drug-likeness (QED) is 0.715. The van der Waals surface area contributed by atoms with Gasteiger partial charge >= 0.3 is 0 Å². The summed E-state index contributed by atoms with van der Waals surface area (Å²) in [5, 5.41) is 1.14. The molecule has 15 heavy (non-hydrogen) atoms. The van der Waals surface area contributed by atoms with Crippen molar-refractivity contribution in [2.75, 3.05) is 0 Å². The summed E-state index contributed by atoms with van der Waals surface area (Å²) in [5.74, 6) is -0.439. The fourth-order valence-electron chi connectivity index (χ4n) is 1.59. The molecule has 0 atom stereocenters. The molecule has 0 aliphatic heterocycles. The smallest absolute Gasteiger partial charge is 0.241 e. The van der Waals surface area contributed by atoms with Crippen molar-refractivity contribution in [1.82, 2.24) is 4.98 Å². The first-order valence-corrected chi connectivity index (χ1v) is 4.72. The summed E-state index contributed by atoms with van der Waals surface area (Å²) in [6.07, 6.45) is 3.03. The molecule has 0 saturated carbocycles. The van der Waals surface area contributed by atoms with Crippen LogP contribution in [0.4, 0.5) is 0 Å². The third kappa shape index (κ3) is 1.91. The summed E-state index contributed by atoms with van der Waals surface area (Å²) < 4.78 is 0. The van der Waals surface area contributed by atoms with Crippen LogP contribution in [0.5, 0.6) is 0 Å². The van der Waals surface area contributed by atoms with Gasteiger partial charge in [0.25, 0.3) is 0 Å². The molecule has 76 valence electrons. The second-order valence-corrected chi connectivity index (χ2v) is 3.50. The van der Waals surface area contributed by atoms with Crippen LogP contribution in [0.15, 0.2) is 30.3 Å². The first kappa shape index (κ1) is 9.52. The highest BCUT2D eigenvalue weighted by molar-refractivity contribution is 5.92. The van der Waals surface area contributed by atoms with Gasteiger partial charge in [0.2, 0.25) is 5.91 Å².